The van der Waals surface area contributed by atoms with Crippen LogP contribution in [0.15, 0.2) is 48.7 Å². The number of hydrogen-bond acceptors (Lipinski definition) is 5. The summed E-state index contributed by atoms with van der Waals surface area (Å²) in [4.78, 5) is 31.0. The number of rotatable bonds is 5. The molecular formula is C25H23Cl2FN4O4. The van der Waals surface area contributed by atoms with Gasteiger partial charge in [0.05, 0.1) is 5.02 Å². The third-order valence-corrected chi connectivity index (χ3v) is 6.69. The Labute approximate surface area is 217 Å². The highest BCUT2D eigenvalue weighted by Crippen LogP contribution is 2.37. The Balaban J connectivity index is 1.50. The molecule has 0 saturated carbocycles. The molecule has 36 heavy (non-hydrogen) atoms. The molecule has 188 valence electrons. The number of carbonyl (C=O) groups is 2. The van der Waals surface area contributed by atoms with Gasteiger partial charge in [-0.3, -0.25) is 4.79 Å². The summed E-state index contributed by atoms with van der Waals surface area (Å²) in [5.41, 5.74) is 8.27. The number of amides is 2. The van der Waals surface area contributed by atoms with Crippen LogP contribution in [0, 0.1) is 5.82 Å². The SMILES string of the molecule is C[C@@H](Oc1cc(-c2ccc(C(=O)N3CCN(C(=O)O)CC3)cc2)cnc1N)c1c(Cl)ccc(F)c1Cl. The normalized spacial score (nSPS) is 14.4. The number of nitrogen functional groups attached to an aromatic ring is 1. The van der Waals surface area contributed by atoms with E-state index in [2.05, 4.69) is 4.98 Å². The maximum absolute atomic E-state index is 13.9. The molecule has 0 bridgehead atoms. The van der Waals surface area contributed by atoms with Gasteiger partial charge in [0.25, 0.3) is 5.91 Å². The van der Waals surface area contributed by atoms with E-state index in [0.29, 0.717) is 29.8 Å². The number of pyridine rings is 1. The Bertz CT molecular complexity index is 1300. The largest absolute Gasteiger partial charge is 0.482 e. The highest BCUT2D eigenvalue weighted by molar-refractivity contribution is 6.36. The number of ether oxygens (including phenoxy) is 1. The molecule has 2 aromatic carbocycles. The number of piperazine rings is 1. The molecule has 3 aromatic rings. The number of nitrogens with zero attached hydrogens (tertiary/aromatic N) is 3. The third-order valence-electron chi connectivity index (χ3n) is 5.97. The minimum absolute atomic E-state index is 0.123. The molecule has 2 amide bonds. The Morgan fingerprint density at radius 2 is 1.69 bits per heavy atom. The van der Waals surface area contributed by atoms with Crippen molar-refractivity contribution in [2.24, 2.45) is 0 Å². The molecule has 1 aliphatic heterocycles. The average molecular weight is 533 g/mol. The summed E-state index contributed by atoms with van der Waals surface area (Å²) in [5.74, 6) is -0.358. The van der Waals surface area contributed by atoms with Gasteiger partial charge in [-0.1, -0.05) is 35.3 Å². The predicted octanol–water partition coefficient (Wildman–Crippen LogP) is 5.35. The lowest BCUT2D eigenvalue weighted by Crippen LogP contribution is -2.50. The molecule has 8 nitrogen and oxygen atoms in total. The maximum atomic E-state index is 13.9. The summed E-state index contributed by atoms with van der Waals surface area (Å²) in [6, 6.07) is 11.2. The smallest absolute Gasteiger partial charge is 0.407 e. The summed E-state index contributed by atoms with van der Waals surface area (Å²) in [6.45, 7) is 2.92. The Morgan fingerprint density at radius 3 is 2.33 bits per heavy atom. The van der Waals surface area contributed by atoms with E-state index in [1.165, 1.54) is 17.0 Å². The van der Waals surface area contributed by atoms with Gasteiger partial charge in [0.2, 0.25) is 0 Å². The van der Waals surface area contributed by atoms with Crippen molar-refractivity contribution in [2.45, 2.75) is 13.0 Å². The zero-order valence-corrected chi connectivity index (χ0v) is 20.8. The Hall–Kier alpha value is -3.56. The van der Waals surface area contributed by atoms with Gasteiger partial charge in [0.1, 0.15) is 11.9 Å². The van der Waals surface area contributed by atoms with Crippen LogP contribution >= 0.6 is 23.2 Å². The number of anilines is 1. The van der Waals surface area contributed by atoms with Gasteiger partial charge in [0, 0.05) is 54.1 Å². The second-order valence-corrected chi connectivity index (χ2v) is 9.05. The fraction of sp³-hybridized carbons (Fsp3) is 0.240. The van der Waals surface area contributed by atoms with E-state index in [0.717, 1.165) is 5.56 Å². The predicted molar refractivity (Wildman–Crippen MR) is 135 cm³/mol. The number of carbonyl (C=O) groups excluding carboxylic acids is 1. The van der Waals surface area contributed by atoms with E-state index in [-0.39, 0.29) is 40.6 Å². The average Bonchev–Trinajstić information content (AvgIpc) is 2.87. The molecule has 0 spiro atoms. The number of hydrogen-bond donors (Lipinski definition) is 2. The van der Waals surface area contributed by atoms with Crippen LogP contribution in [0.5, 0.6) is 5.75 Å². The van der Waals surface area contributed by atoms with Gasteiger partial charge >= 0.3 is 6.09 Å². The van der Waals surface area contributed by atoms with Crippen LogP contribution < -0.4 is 10.5 Å². The molecule has 0 aliphatic carbocycles. The number of aromatic nitrogens is 1. The van der Waals surface area contributed by atoms with Crippen molar-refractivity contribution in [2.75, 3.05) is 31.9 Å². The van der Waals surface area contributed by atoms with E-state index in [9.17, 15) is 14.0 Å². The highest BCUT2D eigenvalue weighted by atomic mass is 35.5. The van der Waals surface area contributed by atoms with Crippen molar-refractivity contribution in [3.05, 3.63) is 75.7 Å². The van der Waals surface area contributed by atoms with Gasteiger partial charge in [-0.25, -0.2) is 14.2 Å². The van der Waals surface area contributed by atoms with Gasteiger partial charge < -0.3 is 25.4 Å². The van der Waals surface area contributed by atoms with Crippen molar-refractivity contribution < 1.29 is 23.8 Å². The molecule has 1 fully saturated rings. The van der Waals surface area contributed by atoms with Crippen LogP contribution in [0.25, 0.3) is 11.1 Å². The molecule has 0 unspecified atom stereocenters. The summed E-state index contributed by atoms with van der Waals surface area (Å²) >= 11 is 12.3. The molecule has 11 heteroatoms. The first-order valence-electron chi connectivity index (χ1n) is 11.1. The van der Waals surface area contributed by atoms with E-state index < -0.39 is 18.0 Å². The standard InChI is InChI=1S/C25H23Cl2FN4O4/c1-14(21-18(26)6-7-19(28)22(21)27)36-20-12-17(13-30-23(20)29)15-2-4-16(5-3-15)24(33)31-8-10-32(11-9-31)25(34)35/h2-7,12-14H,8-11H2,1H3,(H2,29,30)(H,34,35)/t14-/m1/s1. The van der Waals surface area contributed by atoms with E-state index in [1.54, 1.807) is 48.4 Å². The number of carboxylic acid groups (broad SMARTS) is 1. The molecule has 0 radical (unpaired) electrons. The maximum Gasteiger partial charge on any atom is 0.407 e. The van der Waals surface area contributed by atoms with Crippen molar-refractivity contribution >= 4 is 41.0 Å². The van der Waals surface area contributed by atoms with Crippen LogP contribution in [-0.2, 0) is 0 Å². The van der Waals surface area contributed by atoms with E-state index >= 15 is 0 Å². The highest BCUT2D eigenvalue weighted by Gasteiger charge is 2.24. The molecular weight excluding hydrogens is 510 g/mol. The molecule has 4 rings (SSSR count). The van der Waals surface area contributed by atoms with Gasteiger partial charge in [-0.15, -0.1) is 0 Å². The summed E-state index contributed by atoms with van der Waals surface area (Å²) in [6.07, 6.45) is -0.109. The first kappa shape index (κ1) is 25.5. The summed E-state index contributed by atoms with van der Waals surface area (Å²) in [5, 5.41) is 9.21. The van der Waals surface area contributed by atoms with Gasteiger partial charge in [0.15, 0.2) is 11.6 Å². The molecule has 1 aromatic heterocycles. The molecule has 2 heterocycles. The van der Waals surface area contributed by atoms with Crippen molar-refractivity contribution in [3.63, 3.8) is 0 Å². The minimum atomic E-state index is -0.983. The number of nitrogens with two attached hydrogens (primary N) is 1. The van der Waals surface area contributed by atoms with Gasteiger partial charge in [-0.2, -0.15) is 0 Å². The third kappa shape index (κ3) is 5.32. The number of benzene rings is 2. The monoisotopic (exact) mass is 532 g/mol. The molecule has 1 aliphatic rings. The topological polar surface area (TPSA) is 109 Å². The molecule has 1 atom stereocenters. The summed E-state index contributed by atoms with van der Waals surface area (Å²) < 4.78 is 19.9. The lowest BCUT2D eigenvalue weighted by Gasteiger charge is -2.33. The fourth-order valence-electron chi connectivity index (χ4n) is 3.96. The summed E-state index contributed by atoms with van der Waals surface area (Å²) in [7, 11) is 0. The van der Waals surface area contributed by atoms with Crippen molar-refractivity contribution in [1.29, 1.82) is 0 Å². The zero-order chi connectivity index (χ0) is 26.0. The van der Waals surface area contributed by atoms with E-state index in [1.807, 2.05) is 0 Å². The van der Waals surface area contributed by atoms with Crippen LogP contribution in [-0.4, -0.2) is 58.1 Å². The number of halogens is 3. The fourth-order valence-corrected chi connectivity index (χ4v) is 4.64. The van der Waals surface area contributed by atoms with Gasteiger partial charge in [-0.05, 0) is 42.8 Å². The first-order valence-corrected chi connectivity index (χ1v) is 11.8. The zero-order valence-electron chi connectivity index (χ0n) is 19.2. The lowest BCUT2D eigenvalue weighted by molar-refractivity contribution is 0.0625. The Kier molecular flexibility index (Phi) is 7.51. The molecule has 3 N–H and O–H groups in total. The minimum Gasteiger partial charge on any atom is -0.482 e. The van der Waals surface area contributed by atoms with Crippen LogP contribution in [0.4, 0.5) is 15.0 Å². The van der Waals surface area contributed by atoms with Crippen molar-refractivity contribution in [1.82, 2.24) is 14.8 Å². The van der Waals surface area contributed by atoms with Crippen LogP contribution in [0.2, 0.25) is 10.0 Å². The lowest BCUT2D eigenvalue weighted by atomic mass is 10.0. The second-order valence-electron chi connectivity index (χ2n) is 8.26. The van der Waals surface area contributed by atoms with Crippen LogP contribution in [0.1, 0.15) is 28.9 Å². The van der Waals surface area contributed by atoms with E-state index in [4.69, 9.17) is 38.8 Å². The Morgan fingerprint density at radius 1 is 1.06 bits per heavy atom. The van der Waals surface area contributed by atoms with Crippen molar-refractivity contribution in [3.8, 4) is 16.9 Å². The molecule has 1 saturated heterocycles. The first-order chi connectivity index (χ1) is 17.2. The van der Waals surface area contributed by atoms with Crippen LogP contribution in [0.3, 0.4) is 0 Å². The second kappa shape index (κ2) is 10.6. The quantitative estimate of drug-likeness (QED) is 0.428.